The molecule has 112 valence electrons. The third kappa shape index (κ3) is 9.21. The molecule has 0 saturated heterocycles. The molecule has 4 nitrogen and oxygen atoms in total. The Hall–Kier alpha value is -2.37. The van der Waals surface area contributed by atoms with E-state index in [0.29, 0.717) is 19.5 Å². The Bertz CT molecular complexity index is 485. The van der Waals surface area contributed by atoms with Crippen molar-refractivity contribution in [2.24, 2.45) is 15.0 Å². The Kier molecular flexibility index (Phi) is 11.2. The highest BCUT2D eigenvalue weighted by Crippen LogP contribution is 1.96. The normalized spacial score (nSPS) is 11.1. The van der Waals surface area contributed by atoms with Crippen LogP contribution in [0.4, 0.5) is 0 Å². The Labute approximate surface area is 128 Å². The highest BCUT2D eigenvalue weighted by molar-refractivity contribution is 5.93. The van der Waals surface area contributed by atoms with Crippen LogP contribution >= 0.6 is 0 Å². The molecule has 0 radical (unpaired) electrons. The van der Waals surface area contributed by atoms with Gasteiger partial charge >= 0.3 is 0 Å². The Morgan fingerprint density at radius 3 is 2.71 bits per heavy atom. The number of nitrogens with zero attached hydrogens (tertiary/aromatic N) is 4. The monoisotopic (exact) mass is 284 g/mol. The van der Waals surface area contributed by atoms with Crippen molar-refractivity contribution >= 4 is 17.4 Å². The van der Waals surface area contributed by atoms with Gasteiger partial charge < -0.3 is 4.90 Å². The SMILES string of the molecule is C#CCC=C=NCC(CN(C=C)C(C)=NCCC=C)=NC. The molecule has 0 bridgehead atoms. The fourth-order valence-corrected chi connectivity index (χ4v) is 1.41. The van der Waals surface area contributed by atoms with Gasteiger partial charge in [-0.3, -0.25) is 9.98 Å². The van der Waals surface area contributed by atoms with Crippen molar-refractivity contribution < 1.29 is 0 Å². The van der Waals surface area contributed by atoms with E-state index < -0.39 is 0 Å². The highest BCUT2D eigenvalue weighted by Gasteiger charge is 2.06. The molecule has 0 aliphatic rings. The predicted molar refractivity (Wildman–Crippen MR) is 93.4 cm³/mol. The zero-order chi connectivity index (χ0) is 15.9. The molecule has 0 aliphatic carbocycles. The van der Waals surface area contributed by atoms with Crippen molar-refractivity contribution in [1.29, 1.82) is 0 Å². The van der Waals surface area contributed by atoms with Gasteiger partial charge in [-0.15, -0.1) is 18.9 Å². The van der Waals surface area contributed by atoms with Gasteiger partial charge in [0, 0.05) is 20.0 Å². The number of amidine groups is 1. The van der Waals surface area contributed by atoms with Gasteiger partial charge in [0.1, 0.15) is 5.84 Å². The first kappa shape index (κ1) is 18.6. The van der Waals surface area contributed by atoms with Crippen molar-refractivity contribution in [3.05, 3.63) is 31.5 Å². The van der Waals surface area contributed by atoms with Gasteiger partial charge in [-0.05, 0) is 31.5 Å². The van der Waals surface area contributed by atoms with Crippen LogP contribution in [0, 0.1) is 12.3 Å². The lowest BCUT2D eigenvalue weighted by molar-refractivity contribution is 0.629. The van der Waals surface area contributed by atoms with Crippen LogP contribution in [0.5, 0.6) is 0 Å². The summed E-state index contributed by atoms with van der Waals surface area (Å²) in [6, 6.07) is 0. The molecule has 0 saturated carbocycles. The second-order valence-electron chi connectivity index (χ2n) is 4.16. The third-order valence-corrected chi connectivity index (χ3v) is 2.64. The van der Waals surface area contributed by atoms with Crippen molar-refractivity contribution in [3.63, 3.8) is 0 Å². The summed E-state index contributed by atoms with van der Waals surface area (Å²) in [6.07, 6.45) is 11.9. The maximum absolute atomic E-state index is 5.14. The van der Waals surface area contributed by atoms with Crippen LogP contribution in [-0.4, -0.2) is 49.0 Å². The minimum absolute atomic E-state index is 0.488. The minimum Gasteiger partial charge on any atom is -0.332 e. The molecular weight excluding hydrogens is 260 g/mol. The maximum Gasteiger partial charge on any atom is 0.100 e. The molecule has 21 heavy (non-hydrogen) atoms. The molecule has 0 heterocycles. The first-order chi connectivity index (χ1) is 10.2. The number of aliphatic imine (C=N–C) groups is 3. The Balaban J connectivity index is 4.59. The van der Waals surface area contributed by atoms with E-state index in [9.17, 15) is 0 Å². The van der Waals surface area contributed by atoms with Gasteiger partial charge in [0.2, 0.25) is 0 Å². The van der Waals surface area contributed by atoms with Crippen LogP contribution < -0.4 is 0 Å². The fourth-order valence-electron chi connectivity index (χ4n) is 1.41. The summed E-state index contributed by atoms with van der Waals surface area (Å²) in [4.78, 5) is 14.8. The first-order valence-corrected chi connectivity index (χ1v) is 6.82. The Morgan fingerprint density at radius 1 is 1.38 bits per heavy atom. The summed E-state index contributed by atoms with van der Waals surface area (Å²) in [5.74, 6) is 6.21. The van der Waals surface area contributed by atoms with Gasteiger partial charge in [0.15, 0.2) is 0 Å². The van der Waals surface area contributed by atoms with Crippen LogP contribution in [0.3, 0.4) is 0 Å². The summed E-state index contributed by atoms with van der Waals surface area (Å²) >= 11 is 0. The van der Waals surface area contributed by atoms with Crippen LogP contribution in [0.1, 0.15) is 19.8 Å². The van der Waals surface area contributed by atoms with Crippen LogP contribution in [0.15, 0.2) is 46.5 Å². The fraction of sp³-hybridized carbons (Fsp3) is 0.412. The van der Waals surface area contributed by atoms with E-state index >= 15 is 0 Å². The summed E-state index contributed by atoms with van der Waals surface area (Å²) in [6.45, 7) is 11.3. The molecule has 0 rings (SSSR count). The molecule has 0 aromatic heterocycles. The van der Waals surface area contributed by atoms with Crippen molar-refractivity contribution in [3.8, 4) is 12.3 Å². The molecule has 0 N–H and O–H groups in total. The maximum atomic E-state index is 5.14. The van der Waals surface area contributed by atoms with Gasteiger partial charge in [-0.1, -0.05) is 12.7 Å². The molecular formula is C17H24N4. The molecule has 0 aliphatic heterocycles. The van der Waals surface area contributed by atoms with Crippen molar-refractivity contribution in [1.82, 2.24) is 4.90 Å². The molecule has 0 spiro atoms. The van der Waals surface area contributed by atoms with E-state index in [-0.39, 0.29) is 0 Å². The second kappa shape index (κ2) is 12.7. The molecule has 0 amide bonds. The lowest BCUT2D eigenvalue weighted by atomic mass is 10.3. The number of rotatable bonds is 9. The summed E-state index contributed by atoms with van der Waals surface area (Å²) in [7, 11) is 1.75. The number of hydrogen-bond acceptors (Lipinski definition) is 3. The summed E-state index contributed by atoms with van der Waals surface area (Å²) in [5.41, 5.74) is 0.926. The van der Waals surface area contributed by atoms with E-state index in [2.05, 4.69) is 39.9 Å². The van der Waals surface area contributed by atoms with E-state index in [4.69, 9.17) is 6.42 Å². The van der Waals surface area contributed by atoms with Gasteiger partial charge in [0.25, 0.3) is 0 Å². The smallest absolute Gasteiger partial charge is 0.100 e. The summed E-state index contributed by atoms with van der Waals surface area (Å²) in [5, 5.41) is 0. The zero-order valence-electron chi connectivity index (χ0n) is 13.0. The first-order valence-electron chi connectivity index (χ1n) is 6.82. The van der Waals surface area contributed by atoms with E-state index in [1.165, 1.54) is 0 Å². The van der Waals surface area contributed by atoms with E-state index in [1.807, 2.05) is 17.9 Å². The van der Waals surface area contributed by atoms with Crippen LogP contribution in [0.2, 0.25) is 0 Å². The number of terminal acetylenes is 1. The number of allylic oxidation sites excluding steroid dienone is 1. The molecule has 0 unspecified atom stereocenters. The molecule has 0 aromatic carbocycles. The van der Waals surface area contributed by atoms with Gasteiger partial charge in [-0.2, -0.15) is 0 Å². The molecule has 4 heteroatoms. The van der Waals surface area contributed by atoms with E-state index in [0.717, 1.165) is 24.5 Å². The lowest BCUT2D eigenvalue weighted by Crippen LogP contribution is -2.30. The quantitative estimate of drug-likeness (QED) is 0.211. The van der Waals surface area contributed by atoms with Crippen molar-refractivity contribution in [2.75, 3.05) is 26.7 Å². The third-order valence-electron chi connectivity index (χ3n) is 2.64. The molecule has 0 aromatic rings. The number of hydrogen-bond donors (Lipinski definition) is 0. The highest BCUT2D eigenvalue weighted by atomic mass is 15.2. The lowest BCUT2D eigenvalue weighted by Gasteiger charge is -2.19. The predicted octanol–water partition coefficient (Wildman–Crippen LogP) is 2.75. The van der Waals surface area contributed by atoms with Crippen LogP contribution in [-0.2, 0) is 0 Å². The standard InChI is InChI=1S/C17H24N4/c1-6-9-11-12-19-14-17(18-5)15-21(8-3)16(4)20-13-10-7-2/h1,7-8,11H,2-3,9-10,13-15H2,4-5H3. The minimum atomic E-state index is 0.488. The average Bonchev–Trinajstić information content (AvgIpc) is 2.50. The van der Waals surface area contributed by atoms with Gasteiger partial charge in [0.05, 0.1) is 18.8 Å². The second-order valence-corrected chi connectivity index (χ2v) is 4.16. The van der Waals surface area contributed by atoms with Gasteiger partial charge in [-0.25, -0.2) is 4.99 Å². The molecule has 0 fully saturated rings. The summed E-state index contributed by atoms with van der Waals surface area (Å²) < 4.78 is 0. The Morgan fingerprint density at radius 2 is 2.14 bits per heavy atom. The zero-order valence-corrected chi connectivity index (χ0v) is 13.0. The topological polar surface area (TPSA) is 40.3 Å². The van der Waals surface area contributed by atoms with E-state index in [1.54, 1.807) is 19.3 Å². The van der Waals surface area contributed by atoms with Crippen molar-refractivity contribution in [2.45, 2.75) is 19.8 Å². The average molecular weight is 284 g/mol. The van der Waals surface area contributed by atoms with Crippen LogP contribution in [0.25, 0.3) is 0 Å². The largest absolute Gasteiger partial charge is 0.332 e. The molecule has 0 atom stereocenters.